The van der Waals surface area contributed by atoms with E-state index >= 15 is 0 Å². The van der Waals surface area contributed by atoms with E-state index in [9.17, 15) is 0 Å². The zero-order valence-corrected chi connectivity index (χ0v) is 9.07. The number of hydrogen-bond acceptors (Lipinski definition) is 3. The molecule has 0 aliphatic rings. The first-order valence-electron chi connectivity index (χ1n) is 5.22. The topological polar surface area (TPSA) is 42.4 Å². The first kappa shape index (κ1) is 11.3. The maximum atomic E-state index is 5.75. The lowest BCUT2D eigenvalue weighted by atomic mass is 10.1. The number of likely N-dealkylation sites (N-methyl/N-ethyl adjacent to an activating group) is 1. The summed E-state index contributed by atoms with van der Waals surface area (Å²) < 4.78 is 5.07. The van der Waals surface area contributed by atoms with Gasteiger partial charge < -0.3 is 10.2 Å². The number of rotatable bonds is 6. The van der Waals surface area contributed by atoms with E-state index in [-0.39, 0.29) is 0 Å². The number of nitrogens with two attached hydrogens (primary N) is 1. The maximum absolute atomic E-state index is 5.75. The molecule has 1 aromatic rings. The fourth-order valence-electron chi connectivity index (χ4n) is 1.60. The van der Waals surface area contributed by atoms with Crippen LogP contribution in [0.25, 0.3) is 0 Å². The van der Waals surface area contributed by atoms with Crippen LogP contribution in [0.15, 0.2) is 23.0 Å². The van der Waals surface area contributed by atoms with Crippen LogP contribution in [0.5, 0.6) is 0 Å². The monoisotopic (exact) mass is 196 g/mol. The van der Waals surface area contributed by atoms with Crippen molar-refractivity contribution in [1.82, 2.24) is 4.90 Å². The molecular formula is C11H20N2O. The van der Waals surface area contributed by atoms with Crippen molar-refractivity contribution in [3.8, 4) is 0 Å². The van der Waals surface area contributed by atoms with Crippen molar-refractivity contribution in [2.24, 2.45) is 5.73 Å². The molecule has 0 bridgehead atoms. The van der Waals surface area contributed by atoms with Crippen LogP contribution in [0.2, 0.25) is 0 Å². The van der Waals surface area contributed by atoms with Gasteiger partial charge in [-0.25, -0.2) is 0 Å². The predicted molar refractivity (Wildman–Crippen MR) is 58.0 cm³/mol. The molecule has 0 aromatic carbocycles. The van der Waals surface area contributed by atoms with E-state index in [0.29, 0.717) is 12.6 Å². The maximum Gasteiger partial charge on any atom is 0.0950 e. The molecule has 1 aromatic heterocycles. The highest BCUT2D eigenvalue weighted by molar-refractivity contribution is 5.12. The molecule has 0 aliphatic carbocycles. The van der Waals surface area contributed by atoms with Gasteiger partial charge in [-0.15, -0.1) is 0 Å². The molecule has 1 rings (SSSR count). The van der Waals surface area contributed by atoms with Gasteiger partial charge in [0, 0.05) is 18.2 Å². The largest absolute Gasteiger partial charge is 0.472 e. The molecule has 1 unspecified atom stereocenters. The van der Waals surface area contributed by atoms with E-state index < -0.39 is 0 Å². The third-order valence-corrected chi connectivity index (χ3v) is 2.55. The van der Waals surface area contributed by atoms with E-state index in [1.54, 1.807) is 12.5 Å². The van der Waals surface area contributed by atoms with E-state index in [1.807, 2.05) is 6.07 Å². The lowest BCUT2D eigenvalue weighted by molar-refractivity contribution is 0.245. The summed E-state index contributed by atoms with van der Waals surface area (Å²) in [5.41, 5.74) is 6.93. The molecule has 0 amide bonds. The summed E-state index contributed by atoms with van der Waals surface area (Å²) in [7, 11) is 2.11. The minimum absolute atomic E-state index is 0.292. The smallest absolute Gasteiger partial charge is 0.0950 e. The highest BCUT2D eigenvalue weighted by Crippen LogP contribution is 2.18. The minimum atomic E-state index is 0.292. The van der Waals surface area contributed by atoms with Crippen molar-refractivity contribution in [1.29, 1.82) is 0 Å². The van der Waals surface area contributed by atoms with Crippen LogP contribution >= 0.6 is 0 Å². The van der Waals surface area contributed by atoms with E-state index in [4.69, 9.17) is 10.2 Å². The summed E-state index contributed by atoms with van der Waals surface area (Å²) in [5, 5.41) is 0. The van der Waals surface area contributed by atoms with Crippen molar-refractivity contribution in [2.75, 3.05) is 20.1 Å². The quantitative estimate of drug-likeness (QED) is 0.756. The van der Waals surface area contributed by atoms with E-state index in [0.717, 1.165) is 6.54 Å². The Labute approximate surface area is 85.9 Å². The zero-order valence-electron chi connectivity index (χ0n) is 9.07. The van der Waals surface area contributed by atoms with Gasteiger partial charge in [0.05, 0.1) is 12.5 Å². The molecule has 1 heterocycles. The molecule has 0 fully saturated rings. The van der Waals surface area contributed by atoms with Crippen LogP contribution in [-0.4, -0.2) is 25.0 Å². The Kier molecular flexibility index (Phi) is 4.70. The van der Waals surface area contributed by atoms with Crippen LogP contribution in [0, 0.1) is 0 Å². The van der Waals surface area contributed by atoms with Crippen LogP contribution < -0.4 is 5.73 Å². The van der Waals surface area contributed by atoms with Gasteiger partial charge >= 0.3 is 0 Å². The van der Waals surface area contributed by atoms with Gasteiger partial charge in [0.25, 0.3) is 0 Å². The molecule has 0 saturated heterocycles. The lowest BCUT2D eigenvalue weighted by Crippen LogP contribution is -2.30. The van der Waals surface area contributed by atoms with Crippen LogP contribution in [0.1, 0.15) is 31.4 Å². The minimum Gasteiger partial charge on any atom is -0.472 e. The van der Waals surface area contributed by atoms with Crippen molar-refractivity contribution < 1.29 is 4.42 Å². The SMILES string of the molecule is CCCCN(C)C(CN)c1ccoc1. The van der Waals surface area contributed by atoms with Gasteiger partial charge in [0.2, 0.25) is 0 Å². The van der Waals surface area contributed by atoms with Crippen molar-refractivity contribution >= 4 is 0 Å². The normalized spacial score (nSPS) is 13.4. The summed E-state index contributed by atoms with van der Waals surface area (Å²) in [6, 6.07) is 2.28. The molecule has 0 aliphatic heterocycles. The number of unbranched alkanes of at least 4 members (excludes halogenated alkanes) is 1. The Balaban J connectivity index is 2.53. The number of nitrogens with zero attached hydrogens (tertiary/aromatic N) is 1. The van der Waals surface area contributed by atoms with Crippen molar-refractivity contribution in [3.63, 3.8) is 0 Å². The molecule has 0 radical (unpaired) electrons. The Morgan fingerprint density at radius 3 is 2.86 bits per heavy atom. The van der Waals surface area contributed by atoms with Gasteiger partial charge in [-0.2, -0.15) is 0 Å². The first-order valence-corrected chi connectivity index (χ1v) is 5.22. The number of furan rings is 1. The third-order valence-electron chi connectivity index (χ3n) is 2.55. The third kappa shape index (κ3) is 2.86. The Morgan fingerprint density at radius 1 is 1.57 bits per heavy atom. The average Bonchev–Trinajstić information content (AvgIpc) is 2.69. The second kappa shape index (κ2) is 5.83. The zero-order chi connectivity index (χ0) is 10.4. The molecule has 3 heteroatoms. The fourth-order valence-corrected chi connectivity index (χ4v) is 1.60. The Hall–Kier alpha value is -0.800. The van der Waals surface area contributed by atoms with Gasteiger partial charge in [-0.05, 0) is 26.1 Å². The summed E-state index contributed by atoms with van der Waals surface area (Å²) in [5.74, 6) is 0. The number of hydrogen-bond donors (Lipinski definition) is 1. The Bertz CT molecular complexity index is 233. The van der Waals surface area contributed by atoms with Gasteiger partial charge in [0.15, 0.2) is 0 Å². The highest BCUT2D eigenvalue weighted by atomic mass is 16.3. The first-order chi connectivity index (χ1) is 6.79. The van der Waals surface area contributed by atoms with Crippen molar-refractivity contribution in [3.05, 3.63) is 24.2 Å². The summed E-state index contributed by atoms with van der Waals surface area (Å²) >= 11 is 0. The molecule has 0 spiro atoms. The second-order valence-corrected chi connectivity index (χ2v) is 3.64. The van der Waals surface area contributed by atoms with E-state index in [1.165, 1.54) is 18.4 Å². The molecule has 14 heavy (non-hydrogen) atoms. The van der Waals surface area contributed by atoms with Crippen LogP contribution in [-0.2, 0) is 0 Å². The summed E-state index contributed by atoms with van der Waals surface area (Å²) in [6.45, 7) is 3.92. The van der Waals surface area contributed by atoms with Crippen LogP contribution in [0.3, 0.4) is 0 Å². The fraction of sp³-hybridized carbons (Fsp3) is 0.636. The molecule has 80 valence electrons. The van der Waals surface area contributed by atoms with Gasteiger partial charge in [0.1, 0.15) is 0 Å². The predicted octanol–water partition coefficient (Wildman–Crippen LogP) is 2.01. The average molecular weight is 196 g/mol. The van der Waals surface area contributed by atoms with Crippen LogP contribution in [0.4, 0.5) is 0 Å². The second-order valence-electron chi connectivity index (χ2n) is 3.64. The van der Waals surface area contributed by atoms with E-state index in [2.05, 4.69) is 18.9 Å². The summed E-state index contributed by atoms with van der Waals surface area (Å²) in [4.78, 5) is 2.29. The van der Waals surface area contributed by atoms with Gasteiger partial charge in [-0.3, -0.25) is 4.90 Å². The summed E-state index contributed by atoms with van der Waals surface area (Å²) in [6.07, 6.45) is 5.91. The molecule has 2 N–H and O–H groups in total. The Morgan fingerprint density at radius 2 is 2.36 bits per heavy atom. The van der Waals surface area contributed by atoms with Crippen molar-refractivity contribution in [2.45, 2.75) is 25.8 Å². The lowest BCUT2D eigenvalue weighted by Gasteiger charge is -2.25. The standard InChI is InChI=1S/C11H20N2O/c1-3-4-6-13(2)11(8-12)10-5-7-14-9-10/h5,7,9,11H,3-4,6,8,12H2,1-2H3. The molecular weight excluding hydrogens is 176 g/mol. The molecule has 3 nitrogen and oxygen atoms in total. The van der Waals surface area contributed by atoms with Gasteiger partial charge in [-0.1, -0.05) is 13.3 Å². The molecule has 1 atom stereocenters. The highest BCUT2D eigenvalue weighted by Gasteiger charge is 2.15. The molecule has 0 saturated carbocycles.